The lowest BCUT2D eigenvalue weighted by Crippen LogP contribution is -2.49. The van der Waals surface area contributed by atoms with Crippen LogP contribution in [0.4, 0.5) is 21.9 Å². The number of amides is 2. The number of urea groups is 1. The molecule has 1 aliphatic rings. The first-order valence-electron chi connectivity index (χ1n) is 14.0. The molecule has 4 aromatic rings. The van der Waals surface area contributed by atoms with Gasteiger partial charge < -0.3 is 14.8 Å². The van der Waals surface area contributed by atoms with E-state index in [2.05, 4.69) is 19.9 Å². The SMILES string of the molecule is COc1ccc(NC(=O)N(c2ccccc2)C2CCN(Cc3ccc(Oc4ccc(NS(C)(=O)=O)cc4)nc3)CC2)cc1.Cl. The Morgan fingerprint density at radius 1 is 0.909 bits per heavy atom. The van der Waals surface area contributed by atoms with E-state index in [1.807, 2.05) is 71.6 Å². The standard InChI is InChI=1S/C32H35N5O5S.ClH/c1-41-29-13-9-25(10-14-29)34-32(38)37(27-6-4-3-5-7-27)28-18-20-36(21-19-28)23-24-8-17-31(33-22-24)42-30-15-11-26(12-16-30)35-43(2,39)40;/h3-17,22,28,35H,18-21,23H2,1-2H3,(H,34,38);1H. The number of hydrogen-bond acceptors (Lipinski definition) is 7. The van der Waals surface area contributed by atoms with Gasteiger partial charge in [0.25, 0.3) is 0 Å². The molecule has 0 unspecified atom stereocenters. The Balaban J connectivity index is 0.00000442. The van der Waals surface area contributed by atoms with Crippen LogP contribution in [0.2, 0.25) is 0 Å². The van der Waals surface area contributed by atoms with Gasteiger partial charge in [-0.05, 0) is 79.1 Å². The zero-order valence-corrected chi connectivity index (χ0v) is 26.2. The van der Waals surface area contributed by atoms with Gasteiger partial charge in [0.1, 0.15) is 11.5 Å². The Morgan fingerprint density at radius 2 is 1.55 bits per heavy atom. The highest BCUT2D eigenvalue weighted by Gasteiger charge is 2.29. The number of benzene rings is 3. The monoisotopic (exact) mass is 637 g/mol. The molecule has 2 heterocycles. The van der Waals surface area contributed by atoms with Gasteiger partial charge in [0.2, 0.25) is 15.9 Å². The fourth-order valence-electron chi connectivity index (χ4n) is 5.03. The number of methoxy groups -OCH3 is 1. The van der Waals surface area contributed by atoms with Crippen molar-refractivity contribution in [2.24, 2.45) is 0 Å². The first-order chi connectivity index (χ1) is 20.8. The first kappa shape index (κ1) is 32.6. The van der Waals surface area contributed by atoms with E-state index in [1.54, 1.807) is 37.6 Å². The summed E-state index contributed by atoms with van der Waals surface area (Å²) in [7, 11) is -1.72. The summed E-state index contributed by atoms with van der Waals surface area (Å²) in [5.74, 6) is 1.74. The number of anilines is 3. The van der Waals surface area contributed by atoms with Crippen molar-refractivity contribution in [2.45, 2.75) is 25.4 Å². The second-order valence-electron chi connectivity index (χ2n) is 10.4. The quantitative estimate of drug-likeness (QED) is 0.207. The number of hydrogen-bond donors (Lipinski definition) is 2. The summed E-state index contributed by atoms with van der Waals surface area (Å²) in [6.07, 6.45) is 4.58. The normalized spacial score (nSPS) is 13.8. The van der Waals surface area contributed by atoms with Gasteiger partial charge in [-0.25, -0.2) is 18.2 Å². The maximum Gasteiger partial charge on any atom is 0.326 e. The molecule has 0 bridgehead atoms. The summed E-state index contributed by atoms with van der Waals surface area (Å²) in [5.41, 5.74) is 3.11. The number of ether oxygens (including phenoxy) is 2. The largest absolute Gasteiger partial charge is 0.497 e. The maximum absolute atomic E-state index is 13.5. The second-order valence-corrected chi connectivity index (χ2v) is 12.1. The smallest absolute Gasteiger partial charge is 0.326 e. The van der Waals surface area contributed by atoms with Crippen LogP contribution in [0, 0.1) is 0 Å². The molecular formula is C32H36ClN5O5S. The molecule has 10 nitrogen and oxygen atoms in total. The van der Waals surface area contributed by atoms with Gasteiger partial charge in [-0.1, -0.05) is 24.3 Å². The lowest BCUT2D eigenvalue weighted by Gasteiger charge is -2.38. The number of piperidine rings is 1. The van der Waals surface area contributed by atoms with Gasteiger partial charge in [0, 0.05) is 55.0 Å². The molecule has 2 amide bonds. The lowest BCUT2D eigenvalue weighted by molar-refractivity contribution is 0.199. The minimum absolute atomic E-state index is 0. The van der Waals surface area contributed by atoms with E-state index in [9.17, 15) is 13.2 Å². The molecule has 0 saturated carbocycles. The molecule has 1 aromatic heterocycles. The van der Waals surface area contributed by atoms with E-state index < -0.39 is 10.0 Å². The van der Waals surface area contributed by atoms with Crippen LogP contribution >= 0.6 is 12.4 Å². The highest BCUT2D eigenvalue weighted by Crippen LogP contribution is 2.27. The molecule has 5 rings (SSSR count). The fraction of sp³-hybridized carbons (Fsp3) is 0.250. The Labute approximate surface area is 264 Å². The molecule has 232 valence electrons. The van der Waals surface area contributed by atoms with Crippen molar-refractivity contribution in [2.75, 3.05) is 41.4 Å². The Hall–Kier alpha value is -4.32. The number of halogens is 1. The Morgan fingerprint density at radius 3 is 2.14 bits per heavy atom. The van der Waals surface area contributed by atoms with E-state index >= 15 is 0 Å². The van der Waals surface area contributed by atoms with Gasteiger partial charge >= 0.3 is 6.03 Å². The second kappa shape index (κ2) is 14.9. The predicted octanol–water partition coefficient (Wildman–Crippen LogP) is 6.38. The zero-order chi connectivity index (χ0) is 30.2. The number of likely N-dealkylation sites (tertiary alicyclic amines) is 1. The summed E-state index contributed by atoms with van der Waals surface area (Å²) in [5, 5.41) is 3.04. The predicted molar refractivity (Wildman–Crippen MR) is 176 cm³/mol. The third-order valence-electron chi connectivity index (χ3n) is 7.10. The van der Waals surface area contributed by atoms with Crippen molar-refractivity contribution in [3.63, 3.8) is 0 Å². The van der Waals surface area contributed by atoms with Crippen molar-refractivity contribution >= 4 is 45.5 Å². The van der Waals surface area contributed by atoms with Crippen LogP contribution in [0.15, 0.2) is 97.2 Å². The number of para-hydroxylation sites is 1. The average Bonchev–Trinajstić information content (AvgIpc) is 3.00. The molecule has 3 aromatic carbocycles. The Bertz CT molecular complexity index is 1600. The van der Waals surface area contributed by atoms with Crippen LogP contribution in [0.1, 0.15) is 18.4 Å². The van der Waals surface area contributed by atoms with E-state index in [0.717, 1.165) is 55.7 Å². The topological polar surface area (TPSA) is 113 Å². The van der Waals surface area contributed by atoms with E-state index in [1.165, 1.54) is 0 Å². The molecule has 1 aliphatic heterocycles. The number of pyridine rings is 1. The number of aromatic nitrogens is 1. The summed E-state index contributed by atoms with van der Waals surface area (Å²) >= 11 is 0. The van der Waals surface area contributed by atoms with Gasteiger partial charge in [-0.2, -0.15) is 0 Å². The molecule has 0 radical (unpaired) electrons. The van der Waals surface area contributed by atoms with Crippen molar-refractivity contribution in [1.29, 1.82) is 0 Å². The zero-order valence-electron chi connectivity index (χ0n) is 24.5. The fourth-order valence-corrected chi connectivity index (χ4v) is 5.59. The van der Waals surface area contributed by atoms with Crippen LogP contribution < -0.4 is 24.4 Å². The van der Waals surface area contributed by atoms with E-state index in [-0.39, 0.29) is 24.5 Å². The van der Waals surface area contributed by atoms with Crippen molar-refractivity contribution < 1.29 is 22.7 Å². The van der Waals surface area contributed by atoms with Crippen LogP contribution in [-0.4, -0.2) is 56.8 Å². The van der Waals surface area contributed by atoms with Gasteiger partial charge in [-0.3, -0.25) is 14.5 Å². The summed E-state index contributed by atoms with van der Waals surface area (Å²) in [6.45, 7) is 2.43. The summed E-state index contributed by atoms with van der Waals surface area (Å²) in [4.78, 5) is 22.2. The lowest BCUT2D eigenvalue weighted by atomic mass is 10.0. The number of carbonyl (C=O) groups is 1. The minimum Gasteiger partial charge on any atom is -0.497 e. The average molecular weight is 638 g/mol. The van der Waals surface area contributed by atoms with Crippen molar-refractivity contribution in [3.05, 3.63) is 103 Å². The van der Waals surface area contributed by atoms with Crippen LogP contribution in [0.25, 0.3) is 0 Å². The number of carbonyl (C=O) groups excluding carboxylic acids is 1. The number of nitrogens with one attached hydrogen (secondary N) is 2. The third-order valence-corrected chi connectivity index (χ3v) is 7.71. The van der Waals surface area contributed by atoms with Gasteiger partial charge in [0.05, 0.1) is 13.4 Å². The van der Waals surface area contributed by atoms with Gasteiger partial charge in [-0.15, -0.1) is 12.4 Å². The van der Waals surface area contributed by atoms with E-state index in [4.69, 9.17) is 9.47 Å². The first-order valence-corrected chi connectivity index (χ1v) is 15.9. The molecule has 1 fully saturated rings. The molecule has 0 spiro atoms. The maximum atomic E-state index is 13.5. The third kappa shape index (κ3) is 9.09. The van der Waals surface area contributed by atoms with Gasteiger partial charge in [0.15, 0.2) is 0 Å². The van der Waals surface area contributed by atoms with Crippen LogP contribution in [0.5, 0.6) is 17.4 Å². The molecule has 12 heteroatoms. The molecular weight excluding hydrogens is 602 g/mol. The van der Waals surface area contributed by atoms with Crippen molar-refractivity contribution in [3.8, 4) is 17.4 Å². The summed E-state index contributed by atoms with van der Waals surface area (Å²) < 4.78 is 36.2. The number of sulfonamides is 1. The van der Waals surface area contributed by atoms with Crippen LogP contribution in [0.3, 0.4) is 0 Å². The van der Waals surface area contributed by atoms with Crippen molar-refractivity contribution in [1.82, 2.24) is 9.88 Å². The summed E-state index contributed by atoms with van der Waals surface area (Å²) in [6, 6.07) is 27.5. The highest BCUT2D eigenvalue weighted by atomic mass is 35.5. The minimum atomic E-state index is -3.33. The van der Waals surface area contributed by atoms with Crippen LogP contribution in [-0.2, 0) is 16.6 Å². The Kier molecular flexibility index (Phi) is 11.0. The molecule has 1 saturated heterocycles. The molecule has 2 N–H and O–H groups in total. The number of nitrogens with zero attached hydrogens (tertiary/aromatic N) is 3. The number of rotatable bonds is 10. The molecule has 44 heavy (non-hydrogen) atoms. The molecule has 0 aliphatic carbocycles. The molecule has 0 atom stereocenters. The highest BCUT2D eigenvalue weighted by molar-refractivity contribution is 7.92. The van der Waals surface area contributed by atoms with E-state index in [0.29, 0.717) is 23.0 Å².